The number of morpholine rings is 1. The third kappa shape index (κ3) is 6.72. The van der Waals surface area contributed by atoms with Gasteiger partial charge in [-0.05, 0) is 42.5 Å². The summed E-state index contributed by atoms with van der Waals surface area (Å²) >= 11 is 0. The van der Waals surface area contributed by atoms with E-state index in [-0.39, 0.29) is 22.9 Å². The predicted molar refractivity (Wildman–Crippen MR) is 122 cm³/mol. The molecule has 2 aromatic rings. The average Bonchev–Trinajstić information content (AvgIpc) is 2.79. The first-order chi connectivity index (χ1) is 15.4. The van der Waals surface area contributed by atoms with E-state index in [1.165, 1.54) is 30.3 Å². The van der Waals surface area contributed by atoms with Crippen LogP contribution in [0.1, 0.15) is 10.4 Å². The predicted octanol–water partition coefficient (Wildman–Crippen LogP) is 1.67. The minimum absolute atomic E-state index is 0.00896. The fourth-order valence-electron chi connectivity index (χ4n) is 3.06. The number of carbonyl (C=O) groups is 2. The van der Waals surface area contributed by atoms with Gasteiger partial charge < -0.3 is 15.4 Å². The molecule has 1 aliphatic heterocycles. The van der Waals surface area contributed by atoms with Crippen LogP contribution in [0.15, 0.2) is 66.1 Å². The number of anilines is 2. The second-order valence-corrected chi connectivity index (χ2v) is 8.90. The molecule has 0 atom stereocenters. The van der Waals surface area contributed by atoms with Crippen molar-refractivity contribution in [2.24, 2.45) is 0 Å². The van der Waals surface area contributed by atoms with Crippen LogP contribution in [-0.4, -0.2) is 64.5 Å². The van der Waals surface area contributed by atoms with Crippen molar-refractivity contribution in [3.63, 3.8) is 0 Å². The molecule has 0 spiro atoms. The van der Waals surface area contributed by atoms with Gasteiger partial charge in [-0.1, -0.05) is 12.1 Å². The smallest absolute Gasteiger partial charge is 0.255 e. The summed E-state index contributed by atoms with van der Waals surface area (Å²) in [6.07, 6.45) is 1.43. The Kier molecular flexibility index (Phi) is 8.12. The Morgan fingerprint density at radius 1 is 1.03 bits per heavy atom. The summed E-state index contributed by atoms with van der Waals surface area (Å²) in [5, 5.41) is 5.55. The Labute approximate surface area is 187 Å². The number of hydrogen-bond donors (Lipinski definition) is 3. The molecule has 10 heteroatoms. The Morgan fingerprint density at radius 3 is 2.34 bits per heavy atom. The standard InChI is InChI=1S/C22H26N4O5S/c1-2-10-23-32(29,30)20-5-3-4-17(15-20)22(28)25-19-8-6-18(7-9-19)24-21(27)16-26-11-13-31-14-12-26/h2-9,15,23H,1,10-14,16H2,(H,24,27)(H,25,28). The van der Waals surface area contributed by atoms with E-state index in [1.54, 1.807) is 24.3 Å². The molecule has 0 saturated carbocycles. The van der Waals surface area contributed by atoms with E-state index in [9.17, 15) is 18.0 Å². The molecule has 1 aliphatic rings. The molecule has 0 aliphatic carbocycles. The maximum absolute atomic E-state index is 12.6. The number of amides is 2. The second kappa shape index (κ2) is 11.0. The molecular formula is C22H26N4O5S. The third-order valence-electron chi connectivity index (χ3n) is 4.72. The summed E-state index contributed by atoms with van der Waals surface area (Å²) in [4.78, 5) is 26.8. The maximum atomic E-state index is 12.6. The molecule has 2 amide bonds. The quantitative estimate of drug-likeness (QED) is 0.492. The average molecular weight is 459 g/mol. The highest BCUT2D eigenvalue weighted by Crippen LogP contribution is 2.17. The van der Waals surface area contributed by atoms with Crippen molar-refractivity contribution in [3.8, 4) is 0 Å². The summed E-state index contributed by atoms with van der Waals surface area (Å²) in [7, 11) is -3.73. The third-order valence-corrected chi connectivity index (χ3v) is 6.14. The summed E-state index contributed by atoms with van der Waals surface area (Å²) in [6, 6.07) is 12.5. The van der Waals surface area contributed by atoms with Crippen LogP contribution in [0.2, 0.25) is 0 Å². The highest BCUT2D eigenvalue weighted by molar-refractivity contribution is 7.89. The minimum atomic E-state index is -3.73. The van der Waals surface area contributed by atoms with Crippen LogP contribution in [0.5, 0.6) is 0 Å². The molecule has 3 N–H and O–H groups in total. The van der Waals surface area contributed by atoms with Gasteiger partial charge in [0.1, 0.15) is 0 Å². The van der Waals surface area contributed by atoms with Gasteiger partial charge in [0.05, 0.1) is 24.7 Å². The number of ether oxygens (including phenoxy) is 1. The van der Waals surface area contributed by atoms with E-state index >= 15 is 0 Å². The molecule has 3 rings (SSSR count). The van der Waals surface area contributed by atoms with Crippen LogP contribution >= 0.6 is 0 Å². The van der Waals surface area contributed by atoms with Crippen LogP contribution in [0.25, 0.3) is 0 Å². The number of hydrogen-bond acceptors (Lipinski definition) is 6. The summed E-state index contributed by atoms with van der Waals surface area (Å²) in [5.41, 5.74) is 1.33. The van der Waals surface area contributed by atoms with Crippen molar-refractivity contribution in [2.75, 3.05) is 50.0 Å². The fraction of sp³-hybridized carbons (Fsp3) is 0.273. The molecule has 1 saturated heterocycles. The fourth-order valence-corrected chi connectivity index (χ4v) is 4.10. The van der Waals surface area contributed by atoms with E-state index < -0.39 is 15.9 Å². The van der Waals surface area contributed by atoms with E-state index in [2.05, 4.69) is 21.9 Å². The van der Waals surface area contributed by atoms with Crippen LogP contribution < -0.4 is 15.4 Å². The van der Waals surface area contributed by atoms with Gasteiger partial charge >= 0.3 is 0 Å². The molecule has 0 radical (unpaired) electrons. The second-order valence-electron chi connectivity index (χ2n) is 7.14. The lowest BCUT2D eigenvalue weighted by molar-refractivity contribution is -0.118. The first kappa shape index (κ1) is 23.6. The zero-order valence-corrected chi connectivity index (χ0v) is 18.4. The van der Waals surface area contributed by atoms with Crippen molar-refractivity contribution in [1.29, 1.82) is 0 Å². The van der Waals surface area contributed by atoms with E-state index in [0.717, 1.165) is 13.1 Å². The van der Waals surface area contributed by atoms with Crippen LogP contribution in [0.4, 0.5) is 11.4 Å². The van der Waals surface area contributed by atoms with Crippen molar-refractivity contribution in [1.82, 2.24) is 9.62 Å². The van der Waals surface area contributed by atoms with Crippen LogP contribution in [0, 0.1) is 0 Å². The van der Waals surface area contributed by atoms with Gasteiger partial charge in [-0.3, -0.25) is 14.5 Å². The Bertz CT molecular complexity index is 1060. The molecule has 32 heavy (non-hydrogen) atoms. The zero-order chi connectivity index (χ0) is 23.0. The number of carbonyl (C=O) groups excluding carboxylic acids is 2. The summed E-state index contributed by atoms with van der Waals surface area (Å²) in [6.45, 7) is 6.57. The van der Waals surface area contributed by atoms with Gasteiger partial charge in [-0.15, -0.1) is 6.58 Å². The van der Waals surface area contributed by atoms with E-state index in [1.807, 2.05) is 4.90 Å². The Hall–Kier alpha value is -3.05. The van der Waals surface area contributed by atoms with Crippen molar-refractivity contribution in [3.05, 3.63) is 66.7 Å². The van der Waals surface area contributed by atoms with Crippen LogP contribution in [-0.2, 0) is 19.6 Å². The molecule has 0 aromatic heterocycles. The Morgan fingerprint density at radius 2 is 1.69 bits per heavy atom. The number of sulfonamides is 1. The largest absolute Gasteiger partial charge is 0.379 e. The van der Waals surface area contributed by atoms with Crippen LogP contribution in [0.3, 0.4) is 0 Å². The maximum Gasteiger partial charge on any atom is 0.255 e. The molecule has 2 aromatic carbocycles. The van der Waals surface area contributed by atoms with E-state index in [4.69, 9.17) is 4.74 Å². The lowest BCUT2D eigenvalue weighted by Gasteiger charge is -2.25. The van der Waals surface area contributed by atoms with Gasteiger partial charge in [0.2, 0.25) is 15.9 Å². The molecule has 170 valence electrons. The number of nitrogens with one attached hydrogen (secondary N) is 3. The molecule has 0 unspecified atom stereocenters. The molecule has 1 heterocycles. The van der Waals surface area contributed by atoms with Gasteiger partial charge in [-0.25, -0.2) is 13.1 Å². The zero-order valence-electron chi connectivity index (χ0n) is 17.5. The topological polar surface area (TPSA) is 117 Å². The molecule has 0 bridgehead atoms. The summed E-state index contributed by atoms with van der Waals surface area (Å²) in [5.74, 6) is -0.568. The van der Waals surface area contributed by atoms with Gasteiger partial charge in [-0.2, -0.15) is 0 Å². The number of nitrogens with zero attached hydrogens (tertiary/aromatic N) is 1. The normalized spacial score (nSPS) is 14.5. The minimum Gasteiger partial charge on any atom is -0.379 e. The monoisotopic (exact) mass is 458 g/mol. The highest BCUT2D eigenvalue weighted by Gasteiger charge is 2.16. The lowest BCUT2D eigenvalue weighted by atomic mass is 10.2. The van der Waals surface area contributed by atoms with Gasteiger partial charge in [0, 0.05) is 36.6 Å². The highest BCUT2D eigenvalue weighted by atomic mass is 32.2. The SMILES string of the molecule is C=CCNS(=O)(=O)c1cccc(C(=O)Nc2ccc(NC(=O)CN3CCOCC3)cc2)c1. The molecular weight excluding hydrogens is 432 g/mol. The molecule has 9 nitrogen and oxygen atoms in total. The van der Waals surface area contributed by atoms with Crippen molar-refractivity contribution < 1.29 is 22.7 Å². The molecule has 1 fully saturated rings. The van der Waals surface area contributed by atoms with Gasteiger partial charge in [0.15, 0.2) is 0 Å². The van der Waals surface area contributed by atoms with E-state index in [0.29, 0.717) is 31.1 Å². The first-order valence-corrected chi connectivity index (χ1v) is 11.6. The summed E-state index contributed by atoms with van der Waals surface area (Å²) < 4.78 is 32.1. The number of rotatable bonds is 9. The Balaban J connectivity index is 1.58. The number of benzene rings is 2. The lowest BCUT2D eigenvalue weighted by Crippen LogP contribution is -2.41. The first-order valence-electron chi connectivity index (χ1n) is 10.1. The van der Waals surface area contributed by atoms with Gasteiger partial charge in [0.25, 0.3) is 5.91 Å². The van der Waals surface area contributed by atoms with Crippen molar-refractivity contribution >= 4 is 33.2 Å². The van der Waals surface area contributed by atoms with Crippen molar-refractivity contribution in [2.45, 2.75) is 4.90 Å².